The molecule has 0 saturated heterocycles. The zero-order valence-corrected chi connectivity index (χ0v) is 52.0. The van der Waals surface area contributed by atoms with Crippen LogP contribution in [0.1, 0.15) is 265 Å². The molecule has 6 heteroatoms. The fourth-order valence-electron chi connectivity index (χ4n) is 8.44. The molecular weight excluding hydrogens is 997 g/mol. The minimum Gasteiger partial charge on any atom is -0.462 e. The molecule has 0 radical (unpaired) electrons. The third kappa shape index (κ3) is 65.5. The van der Waals surface area contributed by atoms with Crippen molar-refractivity contribution in [3.63, 3.8) is 0 Å². The van der Waals surface area contributed by atoms with E-state index < -0.39 is 6.10 Å². The van der Waals surface area contributed by atoms with Gasteiger partial charge in [0.15, 0.2) is 6.10 Å². The Labute approximate surface area is 498 Å². The maximum Gasteiger partial charge on any atom is 0.306 e. The first-order valence-corrected chi connectivity index (χ1v) is 32.6. The van der Waals surface area contributed by atoms with Gasteiger partial charge in [0.25, 0.3) is 0 Å². The van der Waals surface area contributed by atoms with Gasteiger partial charge in [-0.3, -0.25) is 14.4 Å². The van der Waals surface area contributed by atoms with Crippen LogP contribution in [0.25, 0.3) is 0 Å². The van der Waals surface area contributed by atoms with E-state index in [2.05, 4.69) is 191 Å². The van der Waals surface area contributed by atoms with Crippen LogP contribution in [-0.4, -0.2) is 37.2 Å². The average Bonchev–Trinajstić information content (AvgIpc) is 3.47. The van der Waals surface area contributed by atoms with Crippen molar-refractivity contribution in [2.75, 3.05) is 13.2 Å². The molecule has 0 saturated carbocycles. The van der Waals surface area contributed by atoms with Gasteiger partial charge in [-0.1, -0.05) is 274 Å². The topological polar surface area (TPSA) is 78.9 Å². The van der Waals surface area contributed by atoms with Crippen molar-refractivity contribution in [2.45, 2.75) is 271 Å². The van der Waals surface area contributed by atoms with E-state index >= 15 is 0 Å². The molecule has 0 aliphatic carbocycles. The Balaban J connectivity index is 4.49. The predicted molar refractivity (Wildman–Crippen MR) is 352 cm³/mol. The number of esters is 3. The van der Waals surface area contributed by atoms with Crippen LogP contribution in [0.4, 0.5) is 0 Å². The van der Waals surface area contributed by atoms with E-state index in [1.54, 1.807) is 0 Å². The number of carbonyl (C=O) groups excluding carboxylic acids is 3. The molecule has 0 fully saturated rings. The summed E-state index contributed by atoms with van der Waals surface area (Å²) in [7, 11) is 0. The monoisotopic (exact) mass is 1110 g/mol. The molecule has 0 spiro atoms. The Morgan fingerprint density at radius 3 is 0.741 bits per heavy atom. The molecule has 0 heterocycles. The smallest absolute Gasteiger partial charge is 0.306 e. The molecule has 0 aliphatic rings. The normalized spacial score (nSPS) is 13.3. The van der Waals surface area contributed by atoms with E-state index in [4.69, 9.17) is 14.2 Å². The summed E-state index contributed by atoms with van der Waals surface area (Å²) in [5, 5.41) is 0. The predicted octanol–water partition coefficient (Wildman–Crippen LogP) is 22.7. The van der Waals surface area contributed by atoms with Crippen molar-refractivity contribution in [1.29, 1.82) is 0 Å². The van der Waals surface area contributed by atoms with E-state index in [-0.39, 0.29) is 44.0 Å². The van der Waals surface area contributed by atoms with Gasteiger partial charge in [0.1, 0.15) is 13.2 Å². The van der Waals surface area contributed by atoms with Gasteiger partial charge in [0.05, 0.1) is 0 Å². The molecule has 0 aromatic rings. The van der Waals surface area contributed by atoms with Gasteiger partial charge in [0, 0.05) is 19.3 Å². The summed E-state index contributed by atoms with van der Waals surface area (Å²) in [6.45, 7) is 6.24. The first-order valence-electron chi connectivity index (χ1n) is 32.6. The van der Waals surface area contributed by atoms with Crippen LogP contribution in [-0.2, 0) is 28.6 Å². The SMILES string of the molecule is CC/C=C\C/C=C\C/C=C\C/C=C\C/C=C\CCCCCCCC(=O)OC(COC(=O)CCC/C=C\C/C=C\C/C=C\C/C=C\C/C=C\CC)COC(=O)CCCCCCCCCCCCCC/C=C\C/C=C\C/C=C\C/C=C\CC. The van der Waals surface area contributed by atoms with Crippen LogP contribution >= 0.6 is 0 Å². The average molecular weight is 1120 g/mol. The number of unbranched alkanes of at least 4 members (excludes halogenated alkanes) is 18. The van der Waals surface area contributed by atoms with Crippen LogP contribution in [0, 0.1) is 0 Å². The molecular formula is C75H118O6. The maximum atomic E-state index is 12.9. The third-order valence-corrected chi connectivity index (χ3v) is 13.2. The Morgan fingerprint density at radius 1 is 0.247 bits per heavy atom. The van der Waals surface area contributed by atoms with Crippen LogP contribution in [0.2, 0.25) is 0 Å². The lowest BCUT2D eigenvalue weighted by molar-refractivity contribution is -0.167. The quantitative estimate of drug-likeness (QED) is 0.0261. The summed E-state index contributed by atoms with van der Waals surface area (Å²) < 4.78 is 16.9. The zero-order valence-electron chi connectivity index (χ0n) is 52.0. The molecule has 1 atom stereocenters. The highest BCUT2D eigenvalue weighted by atomic mass is 16.6. The first-order chi connectivity index (χ1) is 40.0. The van der Waals surface area contributed by atoms with E-state index in [0.717, 1.165) is 154 Å². The molecule has 0 aliphatic heterocycles. The molecule has 0 amide bonds. The molecule has 0 rings (SSSR count). The fraction of sp³-hybridized carbons (Fsp3) is 0.587. The van der Waals surface area contributed by atoms with E-state index in [1.807, 2.05) is 0 Å². The Hall–Kier alpha value is -5.23. The summed E-state index contributed by atoms with van der Waals surface area (Å²) in [5.41, 5.74) is 0. The van der Waals surface area contributed by atoms with Gasteiger partial charge in [-0.25, -0.2) is 0 Å². The van der Waals surface area contributed by atoms with Gasteiger partial charge in [-0.15, -0.1) is 0 Å². The number of allylic oxidation sites excluding steroid dienone is 28. The molecule has 0 N–H and O–H groups in total. The van der Waals surface area contributed by atoms with Crippen molar-refractivity contribution in [1.82, 2.24) is 0 Å². The lowest BCUT2D eigenvalue weighted by Crippen LogP contribution is -2.30. The molecule has 1 unspecified atom stereocenters. The third-order valence-electron chi connectivity index (χ3n) is 13.2. The second kappa shape index (κ2) is 67.3. The minimum absolute atomic E-state index is 0.112. The summed E-state index contributed by atoms with van der Waals surface area (Å²) in [5.74, 6) is -0.997. The van der Waals surface area contributed by atoms with Crippen LogP contribution in [0.3, 0.4) is 0 Å². The van der Waals surface area contributed by atoms with E-state index in [0.29, 0.717) is 12.8 Å². The number of hydrogen-bond donors (Lipinski definition) is 0. The van der Waals surface area contributed by atoms with E-state index in [9.17, 15) is 14.4 Å². The Morgan fingerprint density at radius 2 is 0.457 bits per heavy atom. The van der Waals surface area contributed by atoms with Gasteiger partial charge in [0.2, 0.25) is 0 Å². The number of hydrogen-bond acceptors (Lipinski definition) is 6. The van der Waals surface area contributed by atoms with Gasteiger partial charge in [-0.05, 0) is 141 Å². The fourth-order valence-corrected chi connectivity index (χ4v) is 8.44. The second-order valence-corrected chi connectivity index (χ2v) is 20.9. The Kier molecular flexibility index (Phi) is 62.9. The zero-order chi connectivity index (χ0) is 58.5. The summed E-state index contributed by atoms with van der Waals surface area (Å²) in [6, 6.07) is 0. The number of rotatable bonds is 57. The molecule has 81 heavy (non-hydrogen) atoms. The summed E-state index contributed by atoms with van der Waals surface area (Å²) in [4.78, 5) is 38.4. The maximum absolute atomic E-state index is 12.9. The van der Waals surface area contributed by atoms with Gasteiger partial charge < -0.3 is 14.2 Å². The summed E-state index contributed by atoms with van der Waals surface area (Å²) >= 11 is 0. The van der Waals surface area contributed by atoms with Crippen molar-refractivity contribution in [2.24, 2.45) is 0 Å². The number of ether oxygens (including phenoxy) is 3. The highest BCUT2D eigenvalue weighted by molar-refractivity contribution is 5.71. The second-order valence-electron chi connectivity index (χ2n) is 20.9. The lowest BCUT2D eigenvalue weighted by Gasteiger charge is -2.18. The molecule has 0 aromatic heterocycles. The molecule has 0 bridgehead atoms. The largest absolute Gasteiger partial charge is 0.462 e. The van der Waals surface area contributed by atoms with Crippen molar-refractivity contribution >= 4 is 17.9 Å². The van der Waals surface area contributed by atoms with Crippen molar-refractivity contribution in [3.05, 3.63) is 170 Å². The van der Waals surface area contributed by atoms with Crippen LogP contribution in [0.5, 0.6) is 0 Å². The first kappa shape index (κ1) is 75.8. The molecule has 6 nitrogen and oxygen atoms in total. The lowest BCUT2D eigenvalue weighted by atomic mass is 10.0. The Bertz CT molecular complexity index is 1860. The van der Waals surface area contributed by atoms with E-state index in [1.165, 1.54) is 64.2 Å². The summed E-state index contributed by atoms with van der Waals surface area (Å²) in [6.07, 6.45) is 99.3. The van der Waals surface area contributed by atoms with Crippen LogP contribution < -0.4 is 0 Å². The van der Waals surface area contributed by atoms with Gasteiger partial charge in [-0.2, -0.15) is 0 Å². The van der Waals surface area contributed by atoms with Crippen LogP contribution in [0.15, 0.2) is 170 Å². The standard InChI is InChI=1S/C75H118O6/c1-4-7-10-13-16-19-22-25-28-31-33-35-36-37-38-40-41-44-47-50-53-56-59-62-65-68-74(77)80-71-72(70-79-73(76)67-64-61-58-55-52-49-46-43-30-27-24-21-18-15-12-9-6-3)81-75(78)69-66-63-60-57-54-51-48-45-42-39-34-32-29-26-23-20-17-14-11-8-5-2/h7-12,16-21,25-30,33-35,39,45-46,48-49,55,58,72H,4-6,13-15,22-24,31-32,36-38,40-44,47,50-54,56-57,59-71H2,1-3H3/b10-7-,11-8-,12-9-,19-16-,20-17-,21-18-,28-25-,29-26-,30-27-,35-33-,39-34-,48-45-,49-46-,58-55-. The highest BCUT2D eigenvalue weighted by Gasteiger charge is 2.19. The van der Waals surface area contributed by atoms with Crippen molar-refractivity contribution < 1.29 is 28.6 Å². The number of carbonyl (C=O) groups is 3. The molecule has 0 aromatic carbocycles. The van der Waals surface area contributed by atoms with Gasteiger partial charge >= 0.3 is 17.9 Å². The highest BCUT2D eigenvalue weighted by Crippen LogP contribution is 2.15. The molecule has 454 valence electrons. The minimum atomic E-state index is -0.823. The van der Waals surface area contributed by atoms with Crippen molar-refractivity contribution in [3.8, 4) is 0 Å².